The fourth-order valence-electron chi connectivity index (χ4n) is 2.57. The molecule has 0 bridgehead atoms. The van der Waals surface area contributed by atoms with Crippen LogP contribution in [0.2, 0.25) is 0 Å². The van der Waals surface area contributed by atoms with E-state index < -0.39 is 0 Å². The van der Waals surface area contributed by atoms with Gasteiger partial charge in [0, 0.05) is 6.21 Å². The smallest absolute Gasteiger partial charge is 0.141 e. The van der Waals surface area contributed by atoms with Gasteiger partial charge in [0.05, 0.1) is 12.2 Å². The largest absolute Gasteiger partial charge is 0.491 e. The third kappa shape index (κ3) is 7.81. The van der Waals surface area contributed by atoms with Gasteiger partial charge in [-0.15, -0.1) is 0 Å². The summed E-state index contributed by atoms with van der Waals surface area (Å²) in [6, 6.07) is 17.4. The van der Waals surface area contributed by atoms with Gasteiger partial charge in [-0.25, -0.2) is 4.99 Å². The zero-order valence-electron chi connectivity index (χ0n) is 18.0. The van der Waals surface area contributed by atoms with Crippen LogP contribution < -0.4 is 9.47 Å². The van der Waals surface area contributed by atoms with E-state index >= 15 is 0 Å². The summed E-state index contributed by atoms with van der Waals surface area (Å²) in [5.74, 6) is 1.63. The van der Waals surface area contributed by atoms with E-state index in [1.54, 1.807) is 18.4 Å². The first-order chi connectivity index (χ1) is 14.4. The van der Waals surface area contributed by atoms with Crippen LogP contribution in [0.25, 0.3) is 11.6 Å². The minimum atomic E-state index is 0.124. The Labute approximate surface area is 179 Å². The van der Waals surface area contributed by atoms with Gasteiger partial charge in [0.25, 0.3) is 0 Å². The standard InChI is InChI=1S/C26H28N2O2/c1-19(2)29-25-12-8-22(9-13-25)17-24(18-27)28-16-6-7-21(5)23-10-14-26(15-11-23)30-20(3)4/h6-17,19-20H,5H2,1-4H3/b7-6-,24-17+,28-16+. The summed E-state index contributed by atoms with van der Waals surface area (Å²) in [4.78, 5) is 4.22. The average molecular weight is 401 g/mol. The molecule has 0 heterocycles. The van der Waals surface area contributed by atoms with E-state index in [-0.39, 0.29) is 12.2 Å². The summed E-state index contributed by atoms with van der Waals surface area (Å²) in [7, 11) is 0. The molecule has 0 aliphatic rings. The minimum Gasteiger partial charge on any atom is -0.491 e. The number of rotatable bonds is 9. The van der Waals surface area contributed by atoms with Gasteiger partial charge in [0.2, 0.25) is 0 Å². The van der Waals surface area contributed by atoms with Gasteiger partial charge in [-0.1, -0.05) is 36.9 Å². The second-order valence-corrected chi connectivity index (χ2v) is 7.23. The van der Waals surface area contributed by atoms with Crippen LogP contribution in [0.15, 0.2) is 78.0 Å². The van der Waals surface area contributed by atoms with Crippen LogP contribution in [0.3, 0.4) is 0 Å². The zero-order chi connectivity index (χ0) is 21.9. The fourth-order valence-corrected chi connectivity index (χ4v) is 2.57. The molecule has 2 aromatic rings. The van der Waals surface area contributed by atoms with Crippen molar-refractivity contribution < 1.29 is 9.47 Å². The highest BCUT2D eigenvalue weighted by atomic mass is 16.5. The summed E-state index contributed by atoms with van der Waals surface area (Å²) < 4.78 is 11.3. The second-order valence-electron chi connectivity index (χ2n) is 7.23. The molecule has 0 amide bonds. The van der Waals surface area contributed by atoms with E-state index in [1.807, 2.05) is 82.3 Å². The zero-order valence-corrected chi connectivity index (χ0v) is 18.0. The number of hydrogen-bond donors (Lipinski definition) is 0. The maximum atomic E-state index is 9.33. The Bertz CT molecular complexity index is 958. The Morgan fingerprint density at radius 1 is 0.933 bits per heavy atom. The van der Waals surface area contributed by atoms with E-state index in [0.717, 1.165) is 28.2 Å². The molecular weight excluding hydrogens is 372 g/mol. The van der Waals surface area contributed by atoms with Gasteiger partial charge in [0.15, 0.2) is 0 Å². The van der Waals surface area contributed by atoms with E-state index in [4.69, 9.17) is 9.47 Å². The molecular formula is C26H28N2O2. The van der Waals surface area contributed by atoms with Crippen LogP contribution in [-0.4, -0.2) is 18.4 Å². The van der Waals surface area contributed by atoms with Crippen molar-refractivity contribution in [3.05, 3.63) is 84.1 Å². The fraction of sp³-hybridized carbons (Fsp3) is 0.231. The van der Waals surface area contributed by atoms with Crippen LogP contribution in [0.1, 0.15) is 38.8 Å². The number of allylic oxidation sites excluding steroid dienone is 4. The highest BCUT2D eigenvalue weighted by Crippen LogP contribution is 2.19. The lowest BCUT2D eigenvalue weighted by Crippen LogP contribution is -2.05. The van der Waals surface area contributed by atoms with Crippen molar-refractivity contribution in [2.45, 2.75) is 39.9 Å². The topological polar surface area (TPSA) is 54.6 Å². The third-order valence-electron chi connectivity index (χ3n) is 3.86. The molecule has 0 aliphatic heterocycles. The highest BCUT2D eigenvalue weighted by molar-refractivity contribution is 5.81. The lowest BCUT2D eigenvalue weighted by atomic mass is 10.1. The first-order valence-corrected chi connectivity index (χ1v) is 9.92. The van der Waals surface area contributed by atoms with Gasteiger partial charge < -0.3 is 9.47 Å². The molecule has 2 rings (SSSR count). The SMILES string of the molecule is C=C(\C=C/C=N/C(C#N)=C/c1ccc(OC(C)C)cc1)c1ccc(OC(C)C)cc1. The minimum absolute atomic E-state index is 0.124. The Kier molecular flexibility index (Phi) is 8.65. The first-order valence-electron chi connectivity index (χ1n) is 9.92. The quantitative estimate of drug-likeness (QED) is 0.275. The Morgan fingerprint density at radius 2 is 1.47 bits per heavy atom. The summed E-state index contributed by atoms with van der Waals surface area (Å²) in [6.45, 7) is 12.0. The third-order valence-corrected chi connectivity index (χ3v) is 3.86. The molecule has 0 spiro atoms. The summed E-state index contributed by atoms with van der Waals surface area (Å²) in [5, 5.41) is 9.33. The summed E-state index contributed by atoms with van der Waals surface area (Å²) in [5.41, 5.74) is 3.05. The molecule has 0 N–H and O–H groups in total. The Morgan fingerprint density at radius 3 is 1.97 bits per heavy atom. The van der Waals surface area contributed by atoms with Crippen molar-refractivity contribution >= 4 is 17.9 Å². The highest BCUT2D eigenvalue weighted by Gasteiger charge is 2.00. The first kappa shape index (κ1) is 22.7. The van der Waals surface area contributed by atoms with Gasteiger partial charge in [-0.2, -0.15) is 5.26 Å². The predicted octanol–water partition coefficient (Wildman–Crippen LogP) is 6.47. The maximum Gasteiger partial charge on any atom is 0.141 e. The Hall–Kier alpha value is -3.58. The van der Waals surface area contributed by atoms with Gasteiger partial charge in [-0.3, -0.25) is 0 Å². The molecule has 4 heteroatoms. The van der Waals surface area contributed by atoms with Gasteiger partial charge in [0.1, 0.15) is 23.3 Å². The van der Waals surface area contributed by atoms with Gasteiger partial charge >= 0.3 is 0 Å². The molecule has 0 radical (unpaired) electrons. The van der Waals surface area contributed by atoms with Crippen molar-refractivity contribution in [3.8, 4) is 17.6 Å². The Balaban J connectivity index is 1.97. The molecule has 0 saturated heterocycles. The van der Waals surface area contributed by atoms with Crippen LogP contribution in [0.4, 0.5) is 0 Å². The monoisotopic (exact) mass is 400 g/mol. The van der Waals surface area contributed by atoms with E-state index in [0.29, 0.717) is 5.70 Å². The van der Waals surface area contributed by atoms with Crippen LogP contribution in [0, 0.1) is 11.3 Å². The molecule has 0 fully saturated rings. The number of nitriles is 1. The van der Waals surface area contributed by atoms with E-state index in [2.05, 4.69) is 17.6 Å². The van der Waals surface area contributed by atoms with E-state index in [1.165, 1.54) is 0 Å². The van der Waals surface area contributed by atoms with Crippen molar-refractivity contribution in [3.63, 3.8) is 0 Å². The maximum absolute atomic E-state index is 9.33. The van der Waals surface area contributed by atoms with Crippen molar-refractivity contribution in [2.75, 3.05) is 0 Å². The number of aliphatic imine (C=N–C) groups is 1. The normalized spacial score (nSPS) is 12.0. The number of benzene rings is 2. The van der Waals surface area contributed by atoms with Crippen molar-refractivity contribution in [1.29, 1.82) is 5.26 Å². The summed E-state index contributed by atoms with van der Waals surface area (Å²) >= 11 is 0. The molecule has 0 unspecified atom stereocenters. The van der Waals surface area contributed by atoms with Crippen LogP contribution >= 0.6 is 0 Å². The summed E-state index contributed by atoms with van der Waals surface area (Å²) in [6.07, 6.45) is 7.21. The van der Waals surface area contributed by atoms with Crippen LogP contribution in [0.5, 0.6) is 11.5 Å². The van der Waals surface area contributed by atoms with Gasteiger partial charge in [-0.05, 0) is 80.8 Å². The molecule has 4 nitrogen and oxygen atoms in total. The van der Waals surface area contributed by atoms with Crippen molar-refractivity contribution in [2.24, 2.45) is 4.99 Å². The molecule has 0 atom stereocenters. The van der Waals surface area contributed by atoms with E-state index in [9.17, 15) is 5.26 Å². The lowest BCUT2D eigenvalue weighted by molar-refractivity contribution is 0.242. The lowest BCUT2D eigenvalue weighted by Gasteiger charge is -2.10. The number of hydrogen-bond acceptors (Lipinski definition) is 4. The molecule has 154 valence electrons. The predicted molar refractivity (Wildman–Crippen MR) is 125 cm³/mol. The number of nitrogens with zero attached hydrogens (tertiary/aromatic N) is 2. The molecule has 0 saturated carbocycles. The second kappa shape index (κ2) is 11.4. The molecule has 30 heavy (non-hydrogen) atoms. The molecule has 0 aromatic heterocycles. The van der Waals surface area contributed by atoms with Crippen molar-refractivity contribution in [1.82, 2.24) is 0 Å². The molecule has 0 aliphatic carbocycles. The van der Waals surface area contributed by atoms with Crippen LogP contribution in [-0.2, 0) is 0 Å². The average Bonchev–Trinajstić information content (AvgIpc) is 2.71. The number of ether oxygens (including phenoxy) is 2. The molecule has 2 aromatic carbocycles.